The average Bonchev–Trinajstić information content (AvgIpc) is 3.06. The number of carbonyl (C=O) groups is 1. The molecule has 0 aliphatic carbocycles. The lowest BCUT2D eigenvalue weighted by molar-refractivity contribution is 0.111. The van der Waals surface area contributed by atoms with Crippen molar-refractivity contribution in [2.24, 2.45) is 7.05 Å². The van der Waals surface area contributed by atoms with E-state index in [1.54, 1.807) is 37.1 Å². The van der Waals surface area contributed by atoms with Crippen LogP contribution in [0.1, 0.15) is 10.4 Å². The molecule has 26 heavy (non-hydrogen) atoms. The van der Waals surface area contributed by atoms with Crippen molar-refractivity contribution < 1.29 is 14.3 Å². The molecule has 0 fully saturated rings. The van der Waals surface area contributed by atoms with Gasteiger partial charge in [-0.25, -0.2) is 0 Å². The molecule has 7 heteroatoms. The monoisotopic (exact) mass is 369 g/mol. The molecule has 3 aromatic rings. The van der Waals surface area contributed by atoms with Gasteiger partial charge in [0.1, 0.15) is 0 Å². The van der Waals surface area contributed by atoms with Crippen molar-refractivity contribution in [2.75, 3.05) is 19.5 Å². The lowest BCUT2D eigenvalue weighted by Gasteiger charge is -2.12. The summed E-state index contributed by atoms with van der Waals surface area (Å²) in [5.41, 5.74) is 1.50. The predicted octanol–water partition coefficient (Wildman–Crippen LogP) is 3.47. The number of rotatable bonds is 8. The van der Waals surface area contributed by atoms with Crippen LogP contribution in [-0.2, 0) is 7.05 Å². The van der Waals surface area contributed by atoms with Crippen molar-refractivity contribution in [3.8, 4) is 22.9 Å². The van der Waals surface area contributed by atoms with Crippen LogP contribution in [0.25, 0.3) is 11.4 Å². The number of hydrogen-bond donors (Lipinski definition) is 0. The van der Waals surface area contributed by atoms with Gasteiger partial charge in [-0.05, 0) is 12.1 Å². The molecule has 2 aromatic carbocycles. The number of hydrogen-bond acceptors (Lipinski definition) is 6. The number of nitrogens with zero attached hydrogens (tertiary/aromatic N) is 3. The van der Waals surface area contributed by atoms with E-state index in [1.807, 2.05) is 41.9 Å². The Morgan fingerprint density at radius 2 is 1.92 bits per heavy atom. The van der Waals surface area contributed by atoms with Crippen molar-refractivity contribution in [3.63, 3.8) is 0 Å². The molecule has 0 spiro atoms. The van der Waals surface area contributed by atoms with E-state index in [-0.39, 0.29) is 0 Å². The molecular formula is C19H19N3O3S. The molecule has 0 aliphatic heterocycles. The third-order valence-electron chi connectivity index (χ3n) is 3.78. The average molecular weight is 369 g/mol. The third kappa shape index (κ3) is 3.88. The van der Waals surface area contributed by atoms with Gasteiger partial charge in [0.15, 0.2) is 28.8 Å². The Bertz CT molecular complexity index is 881. The van der Waals surface area contributed by atoms with Crippen molar-refractivity contribution in [3.05, 3.63) is 54.1 Å². The smallest absolute Gasteiger partial charge is 0.191 e. The fraction of sp³-hybridized carbons (Fsp3) is 0.211. The summed E-state index contributed by atoms with van der Waals surface area (Å²) in [7, 11) is 3.49. The summed E-state index contributed by atoms with van der Waals surface area (Å²) < 4.78 is 13.0. The van der Waals surface area contributed by atoms with E-state index in [2.05, 4.69) is 10.2 Å². The molecule has 1 aromatic heterocycles. The summed E-state index contributed by atoms with van der Waals surface area (Å²) in [4.78, 5) is 11.2. The zero-order valence-electron chi connectivity index (χ0n) is 14.6. The van der Waals surface area contributed by atoms with Gasteiger partial charge in [0.25, 0.3) is 0 Å². The van der Waals surface area contributed by atoms with Crippen molar-refractivity contribution in [2.45, 2.75) is 5.16 Å². The number of aldehydes is 1. The Labute approximate surface area is 156 Å². The van der Waals surface area contributed by atoms with Crippen LogP contribution in [-0.4, -0.2) is 40.5 Å². The quantitative estimate of drug-likeness (QED) is 0.344. The molecule has 0 unspecified atom stereocenters. The van der Waals surface area contributed by atoms with Crippen LogP contribution in [0, 0.1) is 0 Å². The summed E-state index contributed by atoms with van der Waals surface area (Å²) in [6.07, 6.45) is 0.764. The van der Waals surface area contributed by atoms with E-state index in [1.165, 1.54) is 0 Å². The standard InChI is InChI=1S/C19H19N3O3S/c1-22-18(14-7-4-3-5-8-14)20-21-19(22)26-12-11-25-17-15(13-23)9-6-10-16(17)24-2/h3-10,13H,11-12H2,1-2H3. The SMILES string of the molecule is COc1cccc(C=O)c1OCCSc1nnc(-c2ccccc2)n1C. The number of aromatic nitrogens is 3. The Morgan fingerprint density at radius 3 is 2.65 bits per heavy atom. The van der Waals surface area contributed by atoms with Crippen LogP contribution in [0.2, 0.25) is 0 Å². The second-order valence-electron chi connectivity index (χ2n) is 5.42. The zero-order chi connectivity index (χ0) is 18.4. The van der Waals surface area contributed by atoms with E-state index in [0.717, 1.165) is 22.8 Å². The van der Waals surface area contributed by atoms with Crippen LogP contribution in [0.4, 0.5) is 0 Å². The van der Waals surface area contributed by atoms with Crippen LogP contribution in [0.15, 0.2) is 53.7 Å². The third-order valence-corrected chi connectivity index (χ3v) is 4.77. The molecule has 0 bridgehead atoms. The normalized spacial score (nSPS) is 10.5. The van der Waals surface area contributed by atoms with Gasteiger partial charge in [-0.1, -0.05) is 48.2 Å². The molecule has 1 heterocycles. The fourth-order valence-corrected chi connectivity index (χ4v) is 3.22. The first-order valence-electron chi connectivity index (χ1n) is 8.07. The number of para-hydroxylation sites is 1. The van der Waals surface area contributed by atoms with Gasteiger partial charge in [0.2, 0.25) is 0 Å². The van der Waals surface area contributed by atoms with Gasteiger partial charge in [0, 0.05) is 18.4 Å². The maximum atomic E-state index is 11.2. The molecule has 3 rings (SSSR count). The molecule has 134 valence electrons. The van der Waals surface area contributed by atoms with Gasteiger partial charge in [-0.2, -0.15) is 0 Å². The first-order chi connectivity index (χ1) is 12.7. The minimum Gasteiger partial charge on any atom is -0.493 e. The summed E-state index contributed by atoms with van der Waals surface area (Å²) in [6, 6.07) is 15.2. The zero-order valence-corrected chi connectivity index (χ0v) is 15.4. The van der Waals surface area contributed by atoms with E-state index in [0.29, 0.717) is 29.4 Å². The largest absolute Gasteiger partial charge is 0.493 e. The number of thioether (sulfide) groups is 1. The van der Waals surface area contributed by atoms with Crippen LogP contribution in [0.3, 0.4) is 0 Å². The molecular weight excluding hydrogens is 350 g/mol. The summed E-state index contributed by atoms with van der Waals surface area (Å²) in [5.74, 6) is 2.50. The summed E-state index contributed by atoms with van der Waals surface area (Å²) in [6.45, 7) is 0.416. The minimum atomic E-state index is 0.416. The molecule has 0 amide bonds. The topological polar surface area (TPSA) is 66.2 Å². The highest BCUT2D eigenvalue weighted by Gasteiger charge is 2.12. The Morgan fingerprint density at radius 1 is 1.12 bits per heavy atom. The van der Waals surface area contributed by atoms with Crippen LogP contribution < -0.4 is 9.47 Å². The Kier molecular flexibility index (Phi) is 5.91. The van der Waals surface area contributed by atoms with Crippen molar-refractivity contribution in [1.29, 1.82) is 0 Å². The number of ether oxygens (including phenoxy) is 2. The number of benzene rings is 2. The molecule has 6 nitrogen and oxygen atoms in total. The molecule has 0 aliphatic rings. The van der Waals surface area contributed by atoms with Crippen molar-refractivity contribution >= 4 is 18.0 Å². The van der Waals surface area contributed by atoms with E-state index < -0.39 is 0 Å². The van der Waals surface area contributed by atoms with Crippen molar-refractivity contribution in [1.82, 2.24) is 14.8 Å². The highest BCUT2D eigenvalue weighted by molar-refractivity contribution is 7.99. The summed E-state index contributed by atoms with van der Waals surface area (Å²) >= 11 is 1.54. The summed E-state index contributed by atoms with van der Waals surface area (Å²) in [5, 5.41) is 9.31. The highest BCUT2D eigenvalue weighted by Crippen LogP contribution is 2.30. The second-order valence-corrected chi connectivity index (χ2v) is 6.49. The van der Waals surface area contributed by atoms with Gasteiger partial charge >= 0.3 is 0 Å². The van der Waals surface area contributed by atoms with Gasteiger partial charge in [-0.3, -0.25) is 4.79 Å². The fourth-order valence-electron chi connectivity index (χ4n) is 2.50. The highest BCUT2D eigenvalue weighted by atomic mass is 32.2. The maximum Gasteiger partial charge on any atom is 0.191 e. The van der Waals surface area contributed by atoms with Crippen LogP contribution >= 0.6 is 11.8 Å². The van der Waals surface area contributed by atoms with Gasteiger partial charge in [-0.15, -0.1) is 10.2 Å². The molecule has 0 N–H and O–H groups in total. The van der Waals surface area contributed by atoms with E-state index in [9.17, 15) is 4.79 Å². The first kappa shape index (κ1) is 18.0. The maximum absolute atomic E-state index is 11.2. The molecule has 0 saturated heterocycles. The Balaban J connectivity index is 1.62. The Hall–Kier alpha value is -2.80. The lowest BCUT2D eigenvalue weighted by Crippen LogP contribution is -2.05. The first-order valence-corrected chi connectivity index (χ1v) is 9.05. The second kappa shape index (κ2) is 8.53. The van der Waals surface area contributed by atoms with E-state index in [4.69, 9.17) is 9.47 Å². The molecule has 0 atom stereocenters. The van der Waals surface area contributed by atoms with Gasteiger partial charge < -0.3 is 14.0 Å². The van der Waals surface area contributed by atoms with Gasteiger partial charge in [0.05, 0.1) is 19.3 Å². The number of methoxy groups -OCH3 is 1. The lowest BCUT2D eigenvalue weighted by atomic mass is 10.2. The molecule has 0 saturated carbocycles. The predicted molar refractivity (Wildman–Crippen MR) is 101 cm³/mol. The van der Waals surface area contributed by atoms with Crippen LogP contribution in [0.5, 0.6) is 11.5 Å². The minimum absolute atomic E-state index is 0.416. The van der Waals surface area contributed by atoms with E-state index >= 15 is 0 Å². The molecule has 0 radical (unpaired) electrons. The number of carbonyl (C=O) groups excluding carboxylic acids is 1.